The number of terminal acetylenes is 1. The summed E-state index contributed by atoms with van der Waals surface area (Å²) in [6.45, 7) is 0.941. The Bertz CT molecular complexity index is 443. The number of carbonyl (C=O) groups excluding carboxylic acids is 1. The van der Waals surface area contributed by atoms with Crippen molar-refractivity contribution in [2.45, 2.75) is 6.42 Å². The maximum absolute atomic E-state index is 11.5. The van der Waals surface area contributed by atoms with Crippen LogP contribution in [-0.4, -0.2) is 30.6 Å². The largest absolute Gasteiger partial charge is 0.491 e. The molecule has 102 valence electrons. The van der Waals surface area contributed by atoms with Crippen LogP contribution in [-0.2, 0) is 4.79 Å². The number of hydrogen-bond donors (Lipinski definition) is 2. The highest BCUT2D eigenvalue weighted by atomic mass is 32.2. The number of rotatable bonds is 8. The van der Waals surface area contributed by atoms with E-state index in [1.54, 1.807) is 23.9 Å². The third kappa shape index (κ3) is 6.63. The van der Waals surface area contributed by atoms with Gasteiger partial charge in [-0.25, -0.2) is 0 Å². The number of amides is 1. The Morgan fingerprint density at radius 2 is 2.26 bits per heavy atom. The van der Waals surface area contributed by atoms with Crippen molar-refractivity contribution >= 4 is 23.4 Å². The summed E-state index contributed by atoms with van der Waals surface area (Å²) >= 11 is 1.62. The molecule has 0 heterocycles. The lowest BCUT2D eigenvalue weighted by molar-refractivity contribution is -0.121. The molecule has 5 heteroatoms. The second-order valence-electron chi connectivity index (χ2n) is 3.74. The van der Waals surface area contributed by atoms with E-state index in [-0.39, 0.29) is 5.91 Å². The van der Waals surface area contributed by atoms with Gasteiger partial charge in [-0.05, 0) is 12.1 Å². The molecule has 3 N–H and O–H groups in total. The fraction of sp³-hybridized carbons (Fsp3) is 0.357. The zero-order valence-corrected chi connectivity index (χ0v) is 11.5. The molecule has 0 radical (unpaired) electrons. The molecule has 1 aromatic carbocycles. The van der Waals surface area contributed by atoms with Crippen LogP contribution in [0.2, 0.25) is 0 Å². The molecule has 0 spiro atoms. The first-order chi connectivity index (χ1) is 9.24. The smallest absolute Gasteiger partial charge is 0.223 e. The predicted octanol–water partition coefficient (Wildman–Crippen LogP) is 1.52. The van der Waals surface area contributed by atoms with Gasteiger partial charge in [0.05, 0.1) is 24.5 Å². The van der Waals surface area contributed by atoms with Crippen LogP contribution in [0.15, 0.2) is 24.3 Å². The molecular weight excluding hydrogens is 260 g/mol. The van der Waals surface area contributed by atoms with Crippen LogP contribution in [0.4, 0.5) is 5.69 Å². The second-order valence-corrected chi connectivity index (χ2v) is 4.85. The molecule has 0 aliphatic carbocycles. The Morgan fingerprint density at radius 1 is 1.47 bits per heavy atom. The lowest BCUT2D eigenvalue weighted by atomic mass is 10.3. The number of para-hydroxylation sites is 2. The third-order valence-corrected chi connectivity index (χ3v) is 3.12. The Balaban J connectivity index is 2.11. The van der Waals surface area contributed by atoms with E-state index in [0.29, 0.717) is 36.8 Å². The molecule has 0 aliphatic heterocycles. The van der Waals surface area contributed by atoms with Gasteiger partial charge in [-0.1, -0.05) is 18.1 Å². The van der Waals surface area contributed by atoms with Crippen molar-refractivity contribution in [1.29, 1.82) is 0 Å². The topological polar surface area (TPSA) is 64.3 Å². The summed E-state index contributed by atoms with van der Waals surface area (Å²) < 4.78 is 5.43. The Hall–Kier alpha value is -1.80. The zero-order chi connectivity index (χ0) is 13.9. The van der Waals surface area contributed by atoms with E-state index in [0.717, 1.165) is 5.75 Å². The molecular formula is C14H18N2O2S. The van der Waals surface area contributed by atoms with E-state index in [9.17, 15) is 4.79 Å². The molecule has 0 saturated heterocycles. The number of anilines is 1. The third-order valence-electron chi connectivity index (χ3n) is 2.26. The van der Waals surface area contributed by atoms with E-state index in [2.05, 4.69) is 11.2 Å². The standard InChI is InChI=1S/C14H18N2O2S/c1-2-10-19-11-8-16-14(17)7-9-18-13-6-4-3-5-12(13)15/h1,3-6H,7-11,15H2,(H,16,17). The first-order valence-corrected chi connectivity index (χ1v) is 7.14. The molecule has 0 saturated carbocycles. The summed E-state index contributed by atoms with van der Waals surface area (Å²) in [6.07, 6.45) is 5.43. The van der Waals surface area contributed by atoms with Crippen molar-refractivity contribution < 1.29 is 9.53 Å². The van der Waals surface area contributed by atoms with Gasteiger partial charge < -0.3 is 15.8 Å². The van der Waals surface area contributed by atoms with Gasteiger partial charge in [0.1, 0.15) is 5.75 Å². The first-order valence-electron chi connectivity index (χ1n) is 5.99. The van der Waals surface area contributed by atoms with E-state index >= 15 is 0 Å². The number of hydrogen-bond acceptors (Lipinski definition) is 4. The number of nitrogens with one attached hydrogen (secondary N) is 1. The molecule has 0 atom stereocenters. The average Bonchev–Trinajstić information content (AvgIpc) is 2.41. The van der Waals surface area contributed by atoms with Crippen LogP contribution in [0.25, 0.3) is 0 Å². The fourth-order valence-corrected chi connectivity index (χ4v) is 1.86. The molecule has 0 unspecified atom stereocenters. The number of nitrogen functional groups attached to an aromatic ring is 1. The van der Waals surface area contributed by atoms with E-state index in [1.165, 1.54) is 0 Å². The molecule has 0 bridgehead atoms. The van der Waals surface area contributed by atoms with E-state index in [1.807, 2.05) is 12.1 Å². The van der Waals surface area contributed by atoms with Crippen molar-refractivity contribution in [3.05, 3.63) is 24.3 Å². The SMILES string of the molecule is C#CCSCCNC(=O)CCOc1ccccc1N. The van der Waals surface area contributed by atoms with Crippen molar-refractivity contribution in [3.8, 4) is 18.1 Å². The molecule has 1 amide bonds. The van der Waals surface area contributed by atoms with Crippen LogP contribution in [0.1, 0.15) is 6.42 Å². The van der Waals surface area contributed by atoms with Crippen LogP contribution < -0.4 is 15.8 Å². The number of carbonyl (C=O) groups is 1. The second kappa shape index (κ2) is 9.17. The van der Waals surface area contributed by atoms with Gasteiger partial charge in [0.15, 0.2) is 0 Å². The maximum Gasteiger partial charge on any atom is 0.223 e. The van der Waals surface area contributed by atoms with Crippen molar-refractivity contribution in [2.75, 3.05) is 30.4 Å². The lowest BCUT2D eigenvalue weighted by Crippen LogP contribution is -2.27. The average molecular weight is 278 g/mol. The Kier molecular flexibility index (Phi) is 7.37. The van der Waals surface area contributed by atoms with Gasteiger partial charge in [-0.3, -0.25) is 4.79 Å². The van der Waals surface area contributed by atoms with Gasteiger partial charge >= 0.3 is 0 Å². The first kappa shape index (κ1) is 15.3. The maximum atomic E-state index is 11.5. The monoisotopic (exact) mass is 278 g/mol. The molecule has 0 aliphatic rings. The molecule has 1 rings (SSSR count). The van der Waals surface area contributed by atoms with Gasteiger partial charge in [-0.15, -0.1) is 18.2 Å². The summed E-state index contributed by atoms with van der Waals surface area (Å²) in [5.41, 5.74) is 6.30. The molecule has 0 fully saturated rings. The van der Waals surface area contributed by atoms with E-state index in [4.69, 9.17) is 16.9 Å². The highest BCUT2D eigenvalue weighted by Crippen LogP contribution is 2.19. The van der Waals surface area contributed by atoms with Crippen molar-refractivity contribution in [1.82, 2.24) is 5.32 Å². The van der Waals surface area contributed by atoms with Crippen LogP contribution >= 0.6 is 11.8 Å². The number of ether oxygens (including phenoxy) is 1. The van der Waals surface area contributed by atoms with E-state index < -0.39 is 0 Å². The summed E-state index contributed by atoms with van der Waals surface area (Å²) in [5.74, 6) is 4.61. The summed E-state index contributed by atoms with van der Waals surface area (Å²) in [6, 6.07) is 7.22. The number of thioether (sulfide) groups is 1. The molecule has 4 nitrogen and oxygen atoms in total. The van der Waals surface area contributed by atoms with Crippen molar-refractivity contribution in [3.63, 3.8) is 0 Å². The quantitative estimate of drug-likeness (QED) is 0.430. The summed E-state index contributed by atoms with van der Waals surface area (Å²) in [7, 11) is 0. The molecule has 0 aromatic heterocycles. The molecule has 1 aromatic rings. The highest BCUT2D eigenvalue weighted by Gasteiger charge is 2.03. The molecule has 19 heavy (non-hydrogen) atoms. The number of benzene rings is 1. The van der Waals surface area contributed by atoms with Gasteiger partial charge in [0, 0.05) is 12.3 Å². The van der Waals surface area contributed by atoms with Gasteiger partial charge in [-0.2, -0.15) is 0 Å². The fourth-order valence-electron chi connectivity index (χ4n) is 1.35. The minimum atomic E-state index is -0.0317. The number of nitrogens with two attached hydrogens (primary N) is 1. The summed E-state index contributed by atoms with van der Waals surface area (Å²) in [5, 5.41) is 2.80. The van der Waals surface area contributed by atoms with Crippen LogP contribution in [0.5, 0.6) is 5.75 Å². The lowest BCUT2D eigenvalue weighted by Gasteiger charge is -2.08. The highest BCUT2D eigenvalue weighted by molar-refractivity contribution is 7.99. The van der Waals surface area contributed by atoms with Crippen LogP contribution in [0, 0.1) is 12.3 Å². The summed E-state index contributed by atoms with van der Waals surface area (Å²) in [4.78, 5) is 11.5. The van der Waals surface area contributed by atoms with Crippen molar-refractivity contribution in [2.24, 2.45) is 0 Å². The minimum Gasteiger partial charge on any atom is -0.491 e. The normalized spacial score (nSPS) is 9.63. The van der Waals surface area contributed by atoms with Gasteiger partial charge in [0.25, 0.3) is 0 Å². The minimum absolute atomic E-state index is 0.0317. The van der Waals surface area contributed by atoms with Gasteiger partial charge in [0.2, 0.25) is 5.91 Å². The van der Waals surface area contributed by atoms with Crippen LogP contribution in [0.3, 0.4) is 0 Å². The Morgan fingerprint density at radius 3 is 3.00 bits per heavy atom. The zero-order valence-electron chi connectivity index (χ0n) is 10.7. The Labute approximate surface area is 118 Å². The predicted molar refractivity (Wildman–Crippen MR) is 80.1 cm³/mol.